The van der Waals surface area contributed by atoms with E-state index in [1.54, 1.807) is 0 Å². The van der Waals surface area contributed by atoms with Crippen molar-refractivity contribution in [2.75, 3.05) is 11.4 Å². The monoisotopic (exact) mass is 415 g/mol. The Bertz CT molecular complexity index is 1010. The van der Waals surface area contributed by atoms with Gasteiger partial charge in [0.1, 0.15) is 0 Å². The summed E-state index contributed by atoms with van der Waals surface area (Å²) in [6.45, 7) is 12.5. The Morgan fingerprint density at radius 2 is 1.70 bits per heavy atom. The van der Waals surface area contributed by atoms with Gasteiger partial charge in [-0.15, -0.1) is 0 Å². The molecule has 0 radical (unpaired) electrons. The van der Waals surface area contributed by atoms with Crippen LogP contribution in [-0.4, -0.2) is 6.54 Å². The molecule has 1 aliphatic heterocycles. The molecule has 0 amide bonds. The SMILES string of the molecule is CCC1C=C(C=C(C)C=C2Sc3ccccc3N2CC)C(C)c2ccccc2C1C. The summed E-state index contributed by atoms with van der Waals surface area (Å²) in [5, 5.41) is 1.33. The minimum absolute atomic E-state index is 0.421. The minimum Gasteiger partial charge on any atom is -0.335 e. The van der Waals surface area contributed by atoms with E-state index in [4.69, 9.17) is 0 Å². The van der Waals surface area contributed by atoms with Gasteiger partial charge in [-0.1, -0.05) is 81.1 Å². The molecule has 2 aromatic rings. The zero-order valence-electron chi connectivity index (χ0n) is 18.9. The molecule has 0 bridgehead atoms. The molecule has 2 aromatic carbocycles. The van der Waals surface area contributed by atoms with Crippen LogP contribution in [0.2, 0.25) is 0 Å². The van der Waals surface area contributed by atoms with E-state index >= 15 is 0 Å². The van der Waals surface area contributed by atoms with Gasteiger partial charge in [0.2, 0.25) is 0 Å². The lowest BCUT2D eigenvalue weighted by Crippen LogP contribution is -2.16. The number of hydrogen-bond acceptors (Lipinski definition) is 2. The first-order chi connectivity index (χ1) is 14.5. The fraction of sp³-hybridized carbons (Fsp3) is 0.357. The molecule has 30 heavy (non-hydrogen) atoms. The Morgan fingerprint density at radius 1 is 1.00 bits per heavy atom. The van der Waals surface area contributed by atoms with Gasteiger partial charge in [-0.25, -0.2) is 0 Å². The van der Waals surface area contributed by atoms with Gasteiger partial charge in [0.25, 0.3) is 0 Å². The first-order valence-electron chi connectivity index (χ1n) is 11.3. The van der Waals surface area contributed by atoms with Crippen LogP contribution in [0.3, 0.4) is 0 Å². The molecule has 0 spiro atoms. The van der Waals surface area contributed by atoms with Crippen LogP contribution in [0.25, 0.3) is 0 Å². The maximum absolute atomic E-state index is 2.55. The Morgan fingerprint density at radius 3 is 2.43 bits per heavy atom. The number of rotatable bonds is 4. The first kappa shape index (κ1) is 21.1. The summed E-state index contributed by atoms with van der Waals surface area (Å²) in [5.41, 5.74) is 7.12. The van der Waals surface area contributed by atoms with Crippen LogP contribution >= 0.6 is 11.8 Å². The van der Waals surface area contributed by atoms with E-state index in [-0.39, 0.29) is 0 Å². The fourth-order valence-corrected chi connectivity index (χ4v) is 6.13. The molecule has 0 aromatic heterocycles. The highest BCUT2D eigenvalue weighted by molar-refractivity contribution is 8.03. The van der Waals surface area contributed by atoms with Crippen molar-refractivity contribution in [3.05, 3.63) is 94.1 Å². The van der Waals surface area contributed by atoms with Gasteiger partial charge in [-0.05, 0) is 72.6 Å². The fourth-order valence-electron chi connectivity index (χ4n) is 4.90. The highest BCUT2D eigenvalue weighted by Crippen LogP contribution is 2.46. The highest BCUT2D eigenvalue weighted by Gasteiger charge is 2.26. The predicted octanol–water partition coefficient (Wildman–Crippen LogP) is 8.28. The van der Waals surface area contributed by atoms with Crippen LogP contribution in [0.5, 0.6) is 0 Å². The molecule has 3 atom stereocenters. The van der Waals surface area contributed by atoms with E-state index in [0.29, 0.717) is 17.8 Å². The van der Waals surface area contributed by atoms with Crippen LogP contribution in [0.1, 0.15) is 64.0 Å². The van der Waals surface area contributed by atoms with Crippen molar-refractivity contribution in [2.24, 2.45) is 5.92 Å². The Balaban J connectivity index is 1.69. The predicted molar refractivity (Wildman–Crippen MR) is 132 cm³/mol. The van der Waals surface area contributed by atoms with Crippen LogP contribution in [0, 0.1) is 5.92 Å². The first-order valence-corrected chi connectivity index (χ1v) is 12.1. The highest BCUT2D eigenvalue weighted by atomic mass is 32.2. The van der Waals surface area contributed by atoms with Crippen LogP contribution in [0.15, 0.2) is 87.8 Å². The van der Waals surface area contributed by atoms with E-state index < -0.39 is 0 Å². The van der Waals surface area contributed by atoms with Gasteiger partial charge in [-0.3, -0.25) is 0 Å². The molecule has 2 heteroatoms. The number of nitrogens with zero attached hydrogens (tertiary/aromatic N) is 1. The van der Waals surface area contributed by atoms with Crippen molar-refractivity contribution in [1.29, 1.82) is 0 Å². The van der Waals surface area contributed by atoms with Gasteiger partial charge in [0, 0.05) is 17.4 Å². The van der Waals surface area contributed by atoms with Gasteiger partial charge >= 0.3 is 0 Å². The minimum atomic E-state index is 0.421. The molecule has 0 fully saturated rings. The molecule has 4 rings (SSSR count). The largest absolute Gasteiger partial charge is 0.335 e. The second-order valence-electron chi connectivity index (χ2n) is 8.56. The van der Waals surface area contributed by atoms with E-state index in [9.17, 15) is 0 Å². The smallest absolute Gasteiger partial charge is 0.0804 e. The van der Waals surface area contributed by atoms with Crippen molar-refractivity contribution >= 4 is 17.4 Å². The number of para-hydroxylation sites is 1. The second kappa shape index (κ2) is 8.89. The average Bonchev–Trinajstić information content (AvgIpc) is 3.07. The number of hydrogen-bond donors (Lipinski definition) is 0. The summed E-state index contributed by atoms with van der Waals surface area (Å²) in [7, 11) is 0. The van der Waals surface area contributed by atoms with Crippen LogP contribution in [0.4, 0.5) is 5.69 Å². The van der Waals surface area contributed by atoms with Crippen molar-refractivity contribution in [1.82, 2.24) is 0 Å². The summed E-state index contributed by atoms with van der Waals surface area (Å²) in [6, 6.07) is 17.8. The number of anilines is 1. The number of fused-ring (bicyclic) bond motifs is 2. The average molecular weight is 416 g/mol. The molecular formula is C28H33NS. The maximum atomic E-state index is 2.55. The summed E-state index contributed by atoms with van der Waals surface area (Å²) in [4.78, 5) is 3.78. The maximum Gasteiger partial charge on any atom is 0.0804 e. The third-order valence-corrected chi connectivity index (χ3v) is 7.78. The molecule has 1 aliphatic carbocycles. The normalized spacial score (nSPS) is 25.0. The zero-order valence-corrected chi connectivity index (χ0v) is 19.7. The Labute approximate surface area is 186 Å². The van der Waals surface area contributed by atoms with E-state index in [1.165, 1.54) is 44.3 Å². The molecule has 0 N–H and O–H groups in total. The van der Waals surface area contributed by atoms with E-state index in [1.807, 2.05) is 11.8 Å². The summed E-state index contributed by atoms with van der Waals surface area (Å²) in [6.07, 6.45) is 8.51. The van der Waals surface area contributed by atoms with Crippen LogP contribution < -0.4 is 4.90 Å². The van der Waals surface area contributed by atoms with Gasteiger partial charge in [0.05, 0.1) is 10.7 Å². The topological polar surface area (TPSA) is 3.24 Å². The number of allylic oxidation sites excluding steroid dienone is 5. The van der Waals surface area contributed by atoms with Crippen molar-refractivity contribution in [3.8, 4) is 0 Å². The van der Waals surface area contributed by atoms with Crippen LogP contribution in [-0.2, 0) is 0 Å². The molecule has 1 heterocycles. The summed E-state index contributed by atoms with van der Waals surface area (Å²) >= 11 is 1.88. The zero-order chi connectivity index (χ0) is 21.3. The lowest BCUT2D eigenvalue weighted by molar-refractivity contribution is 0.526. The van der Waals surface area contributed by atoms with Crippen molar-refractivity contribution in [3.63, 3.8) is 0 Å². The molecule has 156 valence electrons. The molecule has 0 saturated carbocycles. The summed E-state index contributed by atoms with van der Waals surface area (Å²) in [5.74, 6) is 1.57. The molecular weight excluding hydrogens is 382 g/mol. The molecule has 1 nitrogen and oxygen atoms in total. The number of thioether (sulfide) groups is 1. The third kappa shape index (κ3) is 3.90. The van der Waals surface area contributed by atoms with Gasteiger partial charge in [0.15, 0.2) is 0 Å². The molecule has 3 unspecified atom stereocenters. The summed E-state index contributed by atoms with van der Waals surface area (Å²) < 4.78 is 0. The van der Waals surface area contributed by atoms with Crippen molar-refractivity contribution in [2.45, 2.75) is 57.8 Å². The third-order valence-electron chi connectivity index (χ3n) is 6.67. The Kier molecular flexibility index (Phi) is 6.24. The lowest BCUT2D eigenvalue weighted by Gasteiger charge is -2.20. The van der Waals surface area contributed by atoms with Gasteiger partial charge in [-0.2, -0.15) is 0 Å². The second-order valence-corrected chi connectivity index (χ2v) is 9.63. The standard InChI is InChI=1S/C28H33NS/c1-6-22-18-23(21(5)25-13-9-8-12-24(25)20(22)4)16-19(3)17-28-29(7-2)26-14-10-11-15-27(26)30-28/h8-18,20-22H,6-7H2,1-5H3. The molecule has 0 saturated heterocycles. The Hall–Kier alpha value is -2.19. The van der Waals surface area contributed by atoms with Gasteiger partial charge < -0.3 is 4.90 Å². The molecule has 2 aliphatic rings. The number of benzene rings is 2. The quantitative estimate of drug-likeness (QED) is 0.494. The van der Waals surface area contributed by atoms with E-state index in [2.05, 4.69) is 106 Å². The lowest BCUT2D eigenvalue weighted by atomic mass is 9.84. The van der Waals surface area contributed by atoms with Crippen molar-refractivity contribution < 1.29 is 0 Å². The van der Waals surface area contributed by atoms with E-state index in [0.717, 1.165) is 6.54 Å².